The minimum Gasteiger partial charge on any atom is -0.388 e. The molecule has 0 aliphatic carbocycles. The molecule has 0 spiro atoms. The molecule has 0 saturated heterocycles. The van der Waals surface area contributed by atoms with Gasteiger partial charge in [0.1, 0.15) is 4.99 Å². The van der Waals surface area contributed by atoms with Crippen molar-refractivity contribution in [2.45, 2.75) is 13.8 Å². The van der Waals surface area contributed by atoms with Gasteiger partial charge >= 0.3 is 0 Å². The summed E-state index contributed by atoms with van der Waals surface area (Å²) in [4.78, 5) is 20.0. The Morgan fingerprint density at radius 2 is 2.05 bits per heavy atom. The highest BCUT2D eigenvalue weighted by atomic mass is 32.1. The monoisotopic (exact) mass is 280 g/mol. The van der Waals surface area contributed by atoms with Gasteiger partial charge < -0.3 is 15.5 Å². The fourth-order valence-corrected chi connectivity index (χ4v) is 1.87. The van der Waals surface area contributed by atoms with E-state index in [0.29, 0.717) is 12.2 Å². The van der Waals surface area contributed by atoms with Crippen molar-refractivity contribution in [3.8, 4) is 0 Å². The van der Waals surface area contributed by atoms with Gasteiger partial charge in [-0.3, -0.25) is 9.78 Å². The topological polar surface area (TPSA) is 62.5 Å². The molecule has 1 amide bonds. The molecule has 0 unspecified atom stereocenters. The third kappa shape index (κ3) is 4.17. The van der Waals surface area contributed by atoms with Crippen LogP contribution in [0.2, 0.25) is 0 Å². The molecule has 0 fully saturated rings. The number of amides is 1. The molecule has 0 saturated carbocycles. The van der Waals surface area contributed by atoms with Gasteiger partial charge in [0.25, 0.3) is 0 Å². The van der Waals surface area contributed by atoms with Gasteiger partial charge in [-0.1, -0.05) is 12.2 Å². The number of likely N-dealkylation sites (N-methyl/N-ethyl adjacent to an activating group) is 2. The standard InChI is InChI=1S/C13H20N4OS/c1-4-17(5-2)12(18)9-16(3)10-6-7-15-11(8-10)13(14)19/h6-8H,4-5,9H2,1-3H3,(H2,14,19). The van der Waals surface area contributed by atoms with Crippen LogP contribution in [0.5, 0.6) is 0 Å². The van der Waals surface area contributed by atoms with Gasteiger partial charge in [0.05, 0.1) is 12.2 Å². The average molecular weight is 280 g/mol. The smallest absolute Gasteiger partial charge is 0.242 e. The van der Waals surface area contributed by atoms with Crippen molar-refractivity contribution in [3.05, 3.63) is 24.0 Å². The van der Waals surface area contributed by atoms with Crippen molar-refractivity contribution in [2.24, 2.45) is 5.73 Å². The lowest BCUT2D eigenvalue weighted by molar-refractivity contribution is -0.129. The minimum atomic E-state index is 0.0983. The Hall–Kier alpha value is -1.69. The zero-order valence-electron chi connectivity index (χ0n) is 11.6. The summed E-state index contributed by atoms with van der Waals surface area (Å²) in [7, 11) is 1.86. The van der Waals surface area contributed by atoms with Crippen LogP contribution < -0.4 is 10.6 Å². The van der Waals surface area contributed by atoms with Crippen LogP contribution in [0.15, 0.2) is 18.3 Å². The van der Waals surface area contributed by atoms with Crippen molar-refractivity contribution in [1.82, 2.24) is 9.88 Å². The molecule has 1 heterocycles. The van der Waals surface area contributed by atoms with E-state index in [0.717, 1.165) is 18.8 Å². The second-order valence-electron chi connectivity index (χ2n) is 4.19. The zero-order chi connectivity index (χ0) is 14.4. The van der Waals surface area contributed by atoms with E-state index in [-0.39, 0.29) is 10.9 Å². The Morgan fingerprint density at radius 1 is 1.42 bits per heavy atom. The molecular weight excluding hydrogens is 260 g/mol. The number of nitrogens with two attached hydrogens (primary N) is 1. The molecule has 2 N–H and O–H groups in total. The molecule has 0 aromatic carbocycles. The van der Waals surface area contributed by atoms with Crippen molar-refractivity contribution in [3.63, 3.8) is 0 Å². The highest BCUT2D eigenvalue weighted by Gasteiger charge is 2.13. The maximum atomic E-state index is 12.0. The van der Waals surface area contributed by atoms with E-state index in [1.807, 2.05) is 31.9 Å². The van der Waals surface area contributed by atoms with Crippen LogP contribution >= 0.6 is 12.2 Å². The SMILES string of the molecule is CCN(CC)C(=O)CN(C)c1ccnc(C(N)=S)c1. The summed E-state index contributed by atoms with van der Waals surface area (Å²) >= 11 is 4.90. The molecule has 6 heteroatoms. The van der Waals surface area contributed by atoms with Crippen LogP contribution in [0.1, 0.15) is 19.5 Å². The lowest BCUT2D eigenvalue weighted by Gasteiger charge is -2.24. The Morgan fingerprint density at radius 3 is 2.58 bits per heavy atom. The maximum absolute atomic E-state index is 12.0. The van der Waals surface area contributed by atoms with Crippen LogP contribution in [0, 0.1) is 0 Å². The molecule has 0 radical (unpaired) electrons. The summed E-state index contributed by atoms with van der Waals surface area (Å²) in [5, 5.41) is 0. The molecular formula is C13H20N4OS. The Labute approximate surface area is 119 Å². The molecule has 1 rings (SSSR count). The van der Waals surface area contributed by atoms with Crippen LogP contribution in [0.3, 0.4) is 0 Å². The number of rotatable bonds is 6. The number of nitrogens with zero attached hydrogens (tertiary/aromatic N) is 3. The molecule has 5 nitrogen and oxygen atoms in total. The highest BCUT2D eigenvalue weighted by molar-refractivity contribution is 7.80. The van der Waals surface area contributed by atoms with Gasteiger partial charge in [0, 0.05) is 32.0 Å². The molecule has 0 bridgehead atoms. The molecule has 0 aliphatic heterocycles. The number of thiocarbonyl (C=S) groups is 1. The van der Waals surface area contributed by atoms with Crippen molar-refractivity contribution >= 4 is 28.8 Å². The fraction of sp³-hybridized carbons (Fsp3) is 0.462. The first kappa shape index (κ1) is 15.4. The summed E-state index contributed by atoms with van der Waals surface area (Å²) in [6.45, 7) is 5.70. The number of anilines is 1. The number of hydrogen-bond acceptors (Lipinski definition) is 4. The Kier molecular flexibility index (Phi) is 5.69. The summed E-state index contributed by atoms with van der Waals surface area (Å²) in [5.41, 5.74) is 6.99. The predicted octanol–water partition coefficient (Wildman–Crippen LogP) is 1.02. The summed E-state index contributed by atoms with van der Waals surface area (Å²) < 4.78 is 0. The molecule has 0 atom stereocenters. The zero-order valence-corrected chi connectivity index (χ0v) is 12.4. The van der Waals surface area contributed by atoms with Crippen molar-refractivity contribution in [2.75, 3.05) is 31.6 Å². The van der Waals surface area contributed by atoms with E-state index in [9.17, 15) is 4.79 Å². The lowest BCUT2D eigenvalue weighted by atomic mass is 10.3. The maximum Gasteiger partial charge on any atom is 0.242 e. The Bertz CT molecular complexity index is 460. The van der Waals surface area contributed by atoms with Crippen LogP contribution in [0.25, 0.3) is 0 Å². The first-order valence-corrected chi connectivity index (χ1v) is 6.65. The number of carbonyl (C=O) groups is 1. The quantitative estimate of drug-likeness (QED) is 0.788. The first-order valence-electron chi connectivity index (χ1n) is 6.24. The second-order valence-corrected chi connectivity index (χ2v) is 4.63. The Balaban J connectivity index is 2.78. The predicted molar refractivity (Wildman–Crippen MR) is 81.3 cm³/mol. The van der Waals surface area contributed by atoms with Gasteiger partial charge in [0.15, 0.2) is 0 Å². The van der Waals surface area contributed by atoms with Crippen molar-refractivity contribution in [1.29, 1.82) is 0 Å². The third-order valence-corrected chi connectivity index (χ3v) is 3.13. The van der Waals surface area contributed by atoms with Gasteiger partial charge in [-0.2, -0.15) is 0 Å². The summed E-state index contributed by atoms with van der Waals surface area (Å²) in [6.07, 6.45) is 1.64. The number of carbonyl (C=O) groups excluding carboxylic acids is 1. The van der Waals surface area contributed by atoms with Gasteiger partial charge in [-0.05, 0) is 26.0 Å². The molecule has 1 aromatic heterocycles. The molecule has 1 aromatic rings. The normalized spacial score (nSPS) is 10.1. The van der Waals surface area contributed by atoms with Gasteiger partial charge in [0.2, 0.25) is 5.91 Å². The fourth-order valence-electron chi connectivity index (χ4n) is 1.76. The van der Waals surface area contributed by atoms with Crippen LogP contribution in [-0.4, -0.2) is 47.5 Å². The lowest BCUT2D eigenvalue weighted by Crippen LogP contribution is -2.38. The molecule has 0 aliphatic rings. The highest BCUT2D eigenvalue weighted by Crippen LogP contribution is 2.13. The van der Waals surface area contributed by atoms with Gasteiger partial charge in [-0.15, -0.1) is 0 Å². The minimum absolute atomic E-state index is 0.0983. The second kappa shape index (κ2) is 7.04. The first-order chi connectivity index (χ1) is 8.99. The number of aromatic nitrogens is 1. The largest absolute Gasteiger partial charge is 0.388 e. The van der Waals surface area contributed by atoms with E-state index in [1.54, 1.807) is 17.2 Å². The van der Waals surface area contributed by atoms with Crippen LogP contribution in [0.4, 0.5) is 5.69 Å². The summed E-state index contributed by atoms with van der Waals surface area (Å²) in [6, 6.07) is 3.62. The number of pyridine rings is 1. The van der Waals surface area contributed by atoms with E-state index >= 15 is 0 Å². The van der Waals surface area contributed by atoms with E-state index in [2.05, 4.69) is 4.98 Å². The van der Waals surface area contributed by atoms with E-state index < -0.39 is 0 Å². The van der Waals surface area contributed by atoms with Crippen molar-refractivity contribution < 1.29 is 4.79 Å². The van der Waals surface area contributed by atoms with E-state index in [1.165, 1.54) is 0 Å². The number of hydrogen-bond donors (Lipinski definition) is 1. The molecule has 19 heavy (non-hydrogen) atoms. The van der Waals surface area contributed by atoms with Crippen LogP contribution in [-0.2, 0) is 4.79 Å². The molecule has 104 valence electrons. The van der Waals surface area contributed by atoms with Gasteiger partial charge in [-0.25, -0.2) is 0 Å². The summed E-state index contributed by atoms with van der Waals surface area (Å²) in [5.74, 6) is 0.0983. The average Bonchev–Trinajstić information content (AvgIpc) is 2.40. The van der Waals surface area contributed by atoms with E-state index in [4.69, 9.17) is 18.0 Å². The third-order valence-electron chi connectivity index (χ3n) is 2.93.